The number of rotatable bonds is 3. The van der Waals surface area contributed by atoms with Crippen LogP contribution in [-0.2, 0) is 20.7 Å². The predicted molar refractivity (Wildman–Crippen MR) is 121 cm³/mol. The van der Waals surface area contributed by atoms with E-state index in [0.29, 0.717) is 36.4 Å². The molecule has 6 atom stereocenters. The summed E-state index contributed by atoms with van der Waals surface area (Å²) in [7, 11) is 0. The molecule has 2 fully saturated rings. The van der Waals surface area contributed by atoms with Gasteiger partial charge >= 0.3 is 5.97 Å². The molecular formula is C28H34O3. The average molecular weight is 419 g/mol. The molecule has 4 aliphatic carbocycles. The number of esters is 1. The summed E-state index contributed by atoms with van der Waals surface area (Å²) >= 11 is 0. The zero-order valence-corrected chi connectivity index (χ0v) is 18.8. The molecule has 3 nitrogen and oxygen atoms in total. The highest BCUT2D eigenvalue weighted by atomic mass is 16.5. The minimum Gasteiger partial charge on any atom is -0.457 e. The number of fused-ring (bicyclic) bond motifs is 5. The lowest BCUT2D eigenvalue weighted by Gasteiger charge is -2.60. The lowest BCUT2D eigenvalue weighted by atomic mass is 9.45. The van der Waals surface area contributed by atoms with E-state index in [9.17, 15) is 9.59 Å². The lowest BCUT2D eigenvalue weighted by molar-refractivity contribution is -0.162. The quantitative estimate of drug-likeness (QED) is 0.457. The summed E-state index contributed by atoms with van der Waals surface area (Å²) in [6, 6.07) is 9.86. The molecule has 4 aliphatic rings. The Balaban J connectivity index is 1.35. The molecule has 0 spiro atoms. The molecule has 5 rings (SSSR count). The molecule has 0 amide bonds. The van der Waals surface area contributed by atoms with Gasteiger partial charge in [-0.1, -0.05) is 55.8 Å². The molecule has 1 aromatic carbocycles. The topological polar surface area (TPSA) is 43.4 Å². The zero-order valence-electron chi connectivity index (χ0n) is 18.8. The second-order valence-electron chi connectivity index (χ2n) is 10.8. The predicted octanol–water partition coefficient (Wildman–Crippen LogP) is 5.84. The van der Waals surface area contributed by atoms with Crippen LogP contribution in [0.15, 0.2) is 54.1 Å². The fourth-order valence-corrected chi connectivity index (χ4v) is 7.39. The van der Waals surface area contributed by atoms with Crippen LogP contribution < -0.4 is 0 Å². The second kappa shape index (κ2) is 7.76. The first kappa shape index (κ1) is 20.7. The number of ketones is 1. The van der Waals surface area contributed by atoms with Gasteiger partial charge in [-0.2, -0.15) is 0 Å². The van der Waals surface area contributed by atoms with Crippen molar-refractivity contribution in [3.05, 3.63) is 59.7 Å². The highest BCUT2D eigenvalue weighted by Crippen LogP contribution is 2.63. The third-order valence-electron chi connectivity index (χ3n) is 9.20. The summed E-state index contributed by atoms with van der Waals surface area (Å²) in [5.41, 5.74) is 2.60. The van der Waals surface area contributed by atoms with E-state index in [1.54, 1.807) is 0 Å². The molecule has 2 saturated carbocycles. The molecule has 0 N–H and O–H groups in total. The van der Waals surface area contributed by atoms with E-state index in [1.807, 2.05) is 36.4 Å². The van der Waals surface area contributed by atoms with Crippen LogP contribution in [-0.4, -0.2) is 17.9 Å². The van der Waals surface area contributed by atoms with Crippen molar-refractivity contribution in [2.24, 2.45) is 28.6 Å². The maximum Gasteiger partial charge on any atom is 0.310 e. The maximum absolute atomic E-state index is 12.8. The summed E-state index contributed by atoms with van der Waals surface area (Å²) in [5.74, 6) is 2.02. The molecular weight excluding hydrogens is 384 g/mol. The Morgan fingerprint density at radius 1 is 1.06 bits per heavy atom. The Morgan fingerprint density at radius 2 is 1.87 bits per heavy atom. The van der Waals surface area contributed by atoms with Crippen molar-refractivity contribution in [1.82, 2.24) is 0 Å². The Kier molecular flexibility index (Phi) is 5.19. The van der Waals surface area contributed by atoms with E-state index < -0.39 is 0 Å². The van der Waals surface area contributed by atoms with Gasteiger partial charge in [0, 0.05) is 11.8 Å². The fraction of sp³-hybridized carbons (Fsp3) is 0.571. The van der Waals surface area contributed by atoms with Crippen LogP contribution in [0.1, 0.15) is 64.4 Å². The van der Waals surface area contributed by atoms with Gasteiger partial charge in [0.2, 0.25) is 0 Å². The van der Waals surface area contributed by atoms with Crippen LogP contribution in [0.2, 0.25) is 0 Å². The fourth-order valence-electron chi connectivity index (χ4n) is 7.39. The van der Waals surface area contributed by atoms with Gasteiger partial charge in [0.25, 0.3) is 0 Å². The maximum atomic E-state index is 12.8. The van der Waals surface area contributed by atoms with Crippen LogP contribution in [0.3, 0.4) is 0 Å². The van der Waals surface area contributed by atoms with Crippen molar-refractivity contribution in [3.8, 4) is 0 Å². The number of hydrogen-bond acceptors (Lipinski definition) is 3. The largest absolute Gasteiger partial charge is 0.457 e. The molecule has 3 heteroatoms. The van der Waals surface area contributed by atoms with Gasteiger partial charge in [0.1, 0.15) is 6.10 Å². The van der Waals surface area contributed by atoms with Crippen molar-refractivity contribution in [2.45, 2.75) is 71.3 Å². The number of carbonyl (C=O) groups excluding carboxylic acids is 2. The lowest BCUT2D eigenvalue weighted by Crippen LogP contribution is -2.55. The molecule has 0 aliphatic heterocycles. The van der Waals surface area contributed by atoms with E-state index in [4.69, 9.17) is 4.74 Å². The molecule has 0 aromatic heterocycles. The van der Waals surface area contributed by atoms with E-state index in [1.165, 1.54) is 12.0 Å². The Labute approximate surface area is 185 Å². The Bertz CT molecular complexity index is 929. The molecule has 1 aromatic rings. The molecule has 0 heterocycles. The summed E-state index contributed by atoms with van der Waals surface area (Å²) in [4.78, 5) is 24.8. The first-order valence-corrected chi connectivity index (χ1v) is 12.0. The number of allylic oxidation sites excluding steroid dienone is 3. The van der Waals surface area contributed by atoms with Gasteiger partial charge in [-0.05, 0) is 79.4 Å². The highest BCUT2D eigenvalue weighted by Gasteiger charge is 2.57. The third kappa shape index (κ3) is 3.50. The van der Waals surface area contributed by atoms with Crippen molar-refractivity contribution in [1.29, 1.82) is 0 Å². The van der Waals surface area contributed by atoms with Crippen LogP contribution >= 0.6 is 0 Å². The average Bonchev–Trinajstić information content (AvgIpc) is 2.75. The number of hydrogen-bond donors (Lipinski definition) is 0. The monoisotopic (exact) mass is 418 g/mol. The molecule has 0 radical (unpaired) electrons. The van der Waals surface area contributed by atoms with E-state index in [0.717, 1.165) is 37.7 Å². The standard InChI is InChI=1S/C28H34O3/c1-27-15-13-21(29)18-20(27)11-12-22-23-9-6-10-25(28(23,2)16-14-24(22)27)31-26(30)17-19-7-4-3-5-8-19/h3-8,10,18,22-25H,9,11-17H2,1-2H3/t22-,23+,24+,25?,27-,28+/m1/s1. The van der Waals surface area contributed by atoms with Gasteiger partial charge in [-0.3, -0.25) is 9.59 Å². The molecule has 0 bridgehead atoms. The Morgan fingerprint density at radius 3 is 2.68 bits per heavy atom. The summed E-state index contributed by atoms with van der Waals surface area (Å²) in [6.45, 7) is 4.77. The van der Waals surface area contributed by atoms with Crippen molar-refractivity contribution in [3.63, 3.8) is 0 Å². The van der Waals surface area contributed by atoms with Crippen molar-refractivity contribution in [2.75, 3.05) is 0 Å². The third-order valence-corrected chi connectivity index (χ3v) is 9.20. The molecule has 164 valence electrons. The normalized spacial score (nSPS) is 39.0. The first-order chi connectivity index (χ1) is 14.9. The highest BCUT2D eigenvalue weighted by molar-refractivity contribution is 5.91. The summed E-state index contributed by atoms with van der Waals surface area (Å²) in [6.07, 6.45) is 13.8. The van der Waals surface area contributed by atoms with Gasteiger partial charge < -0.3 is 4.74 Å². The van der Waals surface area contributed by atoms with Crippen molar-refractivity contribution < 1.29 is 14.3 Å². The van der Waals surface area contributed by atoms with Gasteiger partial charge in [-0.15, -0.1) is 0 Å². The Hall–Kier alpha value is -2.16. The summed E-state index contributed by atoms with van der Waals surface area (Å²) < 4.78 is 6.11. The van der Waals surface area contributed by atoms with Crippen LogP contribution in [0, 0.1) is 28.6 Å². The number of benzene rings is 1. The van der Waals surface area contributed by atoms with Gasteiger partial charge in [0.05, 0.1) is 6.42 Å². The van der Waals surface area contributed by atoms with Gasteiger partial charge in [0.15, 0.2) is 5.78 Å². The van der Waals surface area contributed by atoms with Crippen molar-refractivity contribution >= 4 is 11.8 Å². The van der Waals surface area contributed by atoms with E-state index in [-0.39, 0.29) is 22.9 Å². The van der Waals surface area contributed by atoms with E-state index in [2.05, 4.69) is 26.0 Å². The van der Waals surface area contributed by atoms with E-state index >= 15 is 0 Å². The minimum atomic E-state index is -0.138. The van der Waals surface area contributed by atoms with Crippen LogP contribution in [0.25, 0.3) is 0 Å². The molecule has 0 saturated heterocycles. The smallest absolute Gasteiger partial charge is 0.310 e. The first-order valence-electron chi connectivity index (χ1n) is 12.0. The summed E-state index contributed by atoms with van der Waals surface area (Å²) in [5, 5.41) is 0. The molecule has 31 heavy (non-hydrogen) atoms. The molecule has 1 unspecified atom stereocenters. The second-order valence-corrected chi connectivity index (χ2v) is 10.8. The number of carbonyl (C=O) groups is 2. The zero-order chi connectivity index (χ0) is 21.6. The SMILES string of the molecule is C[C@@]12CCC(=O)C=C1CC[C@H]1[C@@H]2CC[C@]2(C)C(OC(=O)Cc3ccccc3)C=CC[C@@H]12. The van der Waals surface area contributed by atoms with Crippen LogP contribution in [0.4, 0.5) is 0 Å². The van der Waals surface area contributed by atoms with Gasteiger partial charge in [-0.25, -0.2) is 0 Å². The van der Waals surface area contributed by atoms with Crippen LogP contribution in [0.5, 0.6) is 0 Å². The minimum absolute atomic E-state index is 0.00429. The number of ether oxygens (including phenoxy) is 1.